The van der Waals surface area contributed by atoms with Crippen molar-refractivity contribution in [3.63, 3.8) is 0 Å². The van der Waals surface area contributed by atoms with E-state index in [1.807, 2.05) is 49.1 Å². The van der Waals surface area contributed by atoms with E-state index >= 15 is 0 Å². The van der Waals surface area contributed by atoms with E-state index in [2.05, 4.69) is 5.29 Å². The summed E-state index contributed by atoms with van der Waals surface area (Å²) in [5.41, 5.74) is -0.585. The summed E-state index contributed by atoms with van der Waals surface area (Å²) in [7, 11) is 0. The molecule has 1 aromatic carbocycles. The third-order valence-corrected chi connectivity index (χ3v) is 4.19. The van der Waals surface area contributed by atoms with Crippen LogP contribution in [0.25, 0.3) is 0 Å². The first-order valence-corrected chi connectivity index (χ1v) is 7.14. The fraction of sp³-hybridized carbons (Fsp3) is 0.571. The SMILES string of the molecule is CC.O=NN1C(O)(O)C2(CN(Cc3ccccc3)C2)C1(O)O. The van der Waals surface area contributed by atoms with Gasteiger partial charge < -0.3 is 20.4 Å². The summed E-state index contributed by atoms with van der Waals surface area (Å²) in [4.78, 5) is 12.3. The van der Waals surface area contributed by atoms with Crippen LogP contribution in [0.2, 0.25) is 0 Å². The van der Waals surface area contributed by atoms with Crippen LogP contribution < -0.4 is 0 Å². The summed E-state index contributed by atoms with van der Waals surface area (Å²) in [6.07, 6.45) is 0. The molecule has 22 heavy (non-hydrogen) atoms. The first kappa shape index (κ1) is 16.8. The summed E-state index contributed by atoms with van der Waals surface area (Å²) in [6.45, 7) is 4.62. The minimum atomic E-state index is -2.65. The van der Waals surface area contributed by atoms with Gasteiger partial charge in [-0.1, -0.05) is 44.2 Å². The Balaban J connectivity index is 0.000000847. The Morgan fingerprint density at radius 3 is 2.00 bits per heavy atom. The second-order valence-corrected chi connectivity index (χ2v) is 5.38. The first-order valence-electron chi connectivity index (χ1n) is 7.14. The molecule has 0 aliphatic carbocycles. The molecule has 0 aromatic heterocycles. The Hall–Kier alpha value is -1.58. The van der Waals surface area contributed by atoms with Gasteiger partial charge in [-0.25, -0.2) is 0 Å². The molecule has 0 radical (unpaired) electrons. The van der Waals surface area contributed by atoms with Crippen molar-refractivity contribution in [3.8, 4) is 0 Å². The van der Waals surface area contributed by atoms with Crippen molar-refractivity contribution in [2.75, 3.05) is 13.1 Å². The van der Waals surface area contributed by atoms with E-state index in [0.29, 0.717) is 6.54 Å². The lowest BCUT2D eigenvalue weighted by Crippen LogP contribution is -2.93. The van der Waals surface area contributed by atoms with Gasteiger partial charge in [0, 0.05) is 19.6 Å². The van der Waals surface area contributed by atoms with Crippen LogP contribution in [0.4, 0.5) is 0 Å². The van der Waals surface area contributed by atoms with E-state index in [1.165, 1.54) is 0 Å². The smallest absolute Gasteiger partial charge is 0.285 e. The molecule has 1 aromatic rings. The molecular weight excluding hydrogens is 290 g/mol. The van der Waals surface area contributed by atoms with Gasteiger partial charge in [-0.05, 0) is 5.56 Å². The molecule has 1 spiro atoms. The van der Waals surface area contributed by atoms with Crippen LogP contribution in [0.15, 0.2) is 35.6 Å². The molecule has 2 aliphatic heterocycles. The van der Waals surface area contributed by atoms with E-state index in [9.17, 15) is 25.3 Å². The molecule has 8 nitrogen and oxygen atoms in total. The van der Waals surface area contributed by atoms with Crippen molar-refractivity contribution in [1.82, 2.24) is 9.91 Å². The van der Waals surface area contributed by atoms with Crippen molar-refractivity contribution >= 4 is 0 Å². The van der Waals surface area contributed by atoms with Gasteiger partial charge >= 0.3 is 0 Å². The first-order chi connectivity index (χ1) is 10.3. The molecule has 3 rings (SSSR count). The van der Waals surface area contributed by atoms with E-state index < -0.39 is 17.2 Å². The van der Waals surface area contributed by atoms with Crippen molar-refractivity contribution in [1.29, 1.82) is 0 Å². The topological polar surface area (TPSA) is 117 Å². The number of nitroso groups, excluding NO2 is 1. The molecule has 0 unspecified atom stereocenters. The molecule has 2 aliphatic rings. The van der Waals surface area contributed by atoms with Crippen LogP contribution in [-0.2, 0) is 6.54 Å². The van der Waals surface area contributed by atoms with Crippen LogP contribution in [0.5, 0.6) is 0 Å². The highest BCUT2D eigenvalue weighted by molar-refractivity contribution is 5.20. The predicted octanol–water partition coefficient (Wildman–Crippen LogP) is -0.211. The monoisotopic (exact) mass is 311 g/mol. The molecule has 2 fully saturated rings. The van der Waals surface area contributed by atoms with Gasteiger partial charge in [0.25, 0.3) is 11.8 Å². The molecule has 0 bridgehead atoms. The number of hydrogen-bond donors (Lipinski definition) is 4. The lowest BCUT2D eigenvalue weighted by molar-refractivity contribution is -0.579. The number of aliphatic hydroxyl groups is 4. The highest BCUT2D eigenvalue weighted by Gasteiger charge is 2.84. The van der Waals surface area contributed by atoms with Gasteiger partial charge in [-0.3, -0.25) is 4.90 Å². The van der Waals surface area contributed by atoms with Gasteiger partial charge in [0.1, 0.15) is 5.41 Å². The Labute approximate surface area is 128 Å². The fourth-order valence-electron chi connectivity index (χ4n) is 3.00. The quantitative estimate of drug-likeness (QED) is 0.451. The Morgan fingerprint density at radius 2 is 1.55 bits per heavy atom. The zero-order valence-electron chi connectivity index (χ0n) is 12.5. The Morgan fingerprint density at radius 1 is 1.05 bits per heavy atom. The van der Waals surface area contributed by atoms with Crippen LogP contribution in [0, 0.1) is 10.3 Å². The summed E-state index contributed by atoms with van der Waals surface area (Å²) in [5, 5.41) is 41.4. The van der Waals surface area contributed by atoms with Crippen LogP contribution in [0.3, 0.4) is 0 Å². The van der Waals surface area contributed by atoms with Gasteiger partial charge in [-0.2, -0.15) is 0 Å². The van der Waals surface area contributed by atoms with Gasteiger partial charge in [0.2, 0.25) is 0 Å². The van der Waals surface area contributed by atoms with Crippen molar-refractivity contribution < 1.29 is 20.4 Å². The van der Waals surface area contributed by atoms with E-state index in [0.717, 1.165) is 5.56 Å². The van der Waals surface area contributed by atoms with E-state index in [1.54, 1.807) is 0 Å². The second kappa shape index (κ2) is 5.56. The van der Waals surface area contributed by atoms with Gasteiger partial charge in [0.05, 0.1) is 5.29 Å². The molecule has 0 atom stereocenters. The number of benzene rings is 1. The zero-order valence-corrected chi connectivity index (χ0v) is 12.5. The average Bonchev–Trinajstić information content (AvgIpc) is 2.44. The number of hydrogen-bond acceptors (Lipinski definition) is 7. The molecule has 0 amide bonds. The minimum Gasteiger partial charge on any atom is -0.347 e. The van der Waals surface area contributed by atoms with Crippen LogP contribution in [-0.4, -0.2) is 55.2 Å². The van der Waals surface area contributed by atoms with Crippen molar-refractivity contribution in [2.24, 2.45) is 10.7 Å². The van der Waals surface area contributed by atoms with Gasteiger partial charge in [-0.15, -0.1) is 9.92 Å². The largest absolute Gasteiger partial charge is 0.347 e. The maximum absolute atomic E-state index is 10.4. The van der Waals surface area contributed by atoms with Crippen LogP contribution in [0.1, 0.15) is 19.4 Å². The third kappa shape index (κ3) is 2.03. The highest BCUT2D eigenvalue weighted by atomic mass is 16.6. The summed E-state index contributed by atoms with van der Waals surface area (Å²) in [6, 6.07) is 9.50. The number of likely N-dealkylation sites (tertiary alicyclic amines) is 1. The molecule has 0 saturated carbocycles. The standard InChI is InChI=1S/C12H15N3O5.C2H6/c16-11(17)10(12(18,19)15(11)13-20)7-14(8-10)6-9-4-2-1-3-5-9;1-2/h1-5,16-19H,6-8H2;1-2H3. The van der Waals surface area contributed by atoms with Gasteiger partial charge in [0.15, 0.2) is 0 Å². The lowest BCUT2D eigenvalue weighted by atomic mass is 9.65. The minimum absolute atomic E-state index is 0.0356. The van der Waals surface area contributed by atoms with E-state index in [4.69, 9.17) is 0 Å². The van der Waals surface area contributed by atoms with Crippen molar-refractivity contribution in [3.05, 3.63) is 40.8 Å². The van der Waals surface area contributed by atoms with E-state index in [-0.39, 0.29) is 18.1 Å². The summed E-state index contributed by atoms with van der Waals surface area (Å²) in [5.74, 6) is -5.29. The molecule has 8 heteroatoms. The predicted molar refractivity (Wildman–Crippen MR) is 77.5 cm³/mol. The summed E-state index contributed by atoms with van der Waals surface area (Å²) < 4.78 is 0. The Kier molecular flexibility index (Phi) is 4.24. The highest BCUT2D eigenvalue weighted by Crippen LogP contribution is 2.59. The maximum atomic E-state index is 10.4. The molecule has 4 N–H and O–H groups in total. The number of nitrogens with zero attached hydrogens (tertiary/aromatic N) is 3. The maximum Gasteiger partial charge on any atom is 0.285 e. The lowest BCUT2D eigenvalue weighted by Gasteiger charge is -2.69. The molecule has 122 valence electrons. The van der Waals surface area contributed by atoms with Crippen molar-refractivity contribution in [2.45, 2.75) is 32.2 Å². The second-order valence-electron chi connectivity index (χ2n) is 5.38. The fourth-order valence-corrected chi connectivity index (χ4v) is 3.00. The van der Waals surface area contributed by atoms with Crippen LogP contribution >= 0.6 is 0 Å². The molecule has 2 saturated heterocycles. The average molecular weight is 311 g/mol. The third-order valence-electron chi connectivity index (χ3n) is 4.19. The number of rotatable bonds is 3. The Bertz CT molecular complexity index is 511. The summed E-state index contributed by atoms with van der Waals surface area (Å²) >= 11 is 0. The zero-order chi connectivity index (χ0) is 16.6. The molecule has 2 heterocycles. The molecular formula is C14H21N3O5. The normalized spacial score (nSPS) is 23.8.